The summed E-state index contributed by atoms with van der Waals surface area (Å²) in [5, 5.41) is 12.5. The summed E-state index contributed by atoms with van der Waals surface area (Å²) in [7, 11) is 0. The average molecular weight is 647 g/mol. The van der Waals surface area contributed by atoms with Crippen LogP contribution < -0.4 is 0 Å². The van der Waals surface area contributed by atoms with Crippen LogP contribution in [0.25, 0.3) is 110 Å². The van der Waals surface area contributed by atoms with Crippen molar-refractivity contribution in [2.24, 2.45) is 0 Å². The van der Waals surface area contributed by atoms with Gasteiger partial charge in [0, 0.05) is 10.8 Å². The third-order valence-corrected chi connectivity index (χ3v) is 10.8. The highest BCUT2D eigenvalue weighted by Crippen LogP contribution is 2.43. The van der Waals surface area contributed by atoms with Crippen molar-refractivity contribution in [1.29, 1.82) is 0 Å². The second kappa shape index (κ2) is 10.9. The van der Waals surface area contributed by atoms with E-state index < -0.39 is 0 Å². The van der Waals surface area contributed by atoms with Gasteiger partial charge in [0.05, 0.1) is 0 Å². The topological polar surface area (TPSA) is 13.1 Å². The lowest BCUT2D eigenvalue weighted by Crippen LogP contribution is -1.89. The zero-order valence-corrected chi connectivity index (χ0v) is 27.7. The predicted octanol–water partition coefficient (Wildman–Crippen LogP) is 14.3. The molecule has 0 saturated heterocycles. The van der Waals surface area contributed by atoms with E-state index >= 15 is 0 Å². The van der Waals surface area contributed by atoms with E-state index in [1.807, 2.05) is 0 Å². The Labute approximate surface area is 295 Å². The third kappa shape index (κ3) is 4.49. The first-order valence-corrected chi connectivity index (χ1v) is 17.6. The predicted molar refractivity (Wildman–Crippen MR) is 217 cm³/mol. The Morgan fingerprint density at radius 3 is 1.39 bits per heavy atom. The van der Waals surface area contributed by atoms with Gasteiger partial charge >= 0.3 is 0 Å². The number of hydrogen-bond donors (Lipinski definition) is 0. The molecule has 51 heavy (non-hydrogen) atoms. The first-order valence-electron chi connectivity index (χ1n) is 17.6. The molecule has 1 heterocycles. The first-order chi connectivity index (χ1) is 25.2. The van der Waals surface area contributed by atoms with Crippen molar-refractivity contribution in [3.05, 3.63) is 182 Å². The van der Waals surface area contributed by atoms with Crippen LogP contribution in [-0.2, 0) is 0 Å². The first kappa shape index (κ1) is 28.2. The molecular formula is C50H30O. The molecule has 0 fully saturated rings. The van der Waals surface area contributed by atoms with Crippen LogP contribution >= 0.6 is 0 Å². The molecule has 0 saturated carbocycles. The Bertz CT molecular complexity index is 3090. The van der Waals surface area contributed by atoms with Gasteiger partial charge in [-0.2, -0.15) is 0 Å². The molecule has 236 valence electrons. The van der Waals surface area contributed by atoms with Gasteiger partial charge in [0.1, 0.15) is 11.2 Å². The lowest BCUT2D eigenvalue weighted by atomic mass is 9.88. The summed E-state index contributed by atoms with van der Waals surface area (Å²) < 4.78 is 6.31. The molecule has 10 aromatic carbocycles. The van der Waals surface area contributed by atoms with Crippen LogP contribution in [0.5, 0.6) is 0 Å². The summed E-state index contributed by atoms with van der Waals surface area (Å²) in [6, 6.07) is 66.4. The quantitative estimate of drug-likeness (QED) is 0.173. The molecule has 0 unspecified atom stereocenters. The van der Waals surface area contributed by atoms with Crippen molar-refractivity contribution in [3.63, 3.8) is 0 Å². The minimum atomic E-state index is 0.912. The molecule has 0 radical (unpaired) electrons. The van der Waals surface area contributed by atoms with Gasteiger partial charge in [0.2, 0.25) is 0 Å². The van der Waals surface area contributed by atoms with Gasteiger partial charge in [-0.1, -0.05) is 133 Å². The fourth-order valence-electron chi connectivity index (χ4n) is 8.23. The van der Waals surface area contributed by atoms with Crippen molar-refractivity contribution in [2.75, 3.05) is 0 Å². The normalized spacial score (nSPS) is 11.9. The zero-order valence-electron chi connectivity index (χ0n) is 27.7. The minimum Gasteiger partial charge on any atom is -0.456 e. The standard InChI is InChI=1S/C50H30O/c1-3-7-31(8-4-1)34-12-13-36-26-37(15-14-35(36)25-34)42-27-40-16-11-33-17-21-43(44-22-18-41(28-42)49(40)50(33)44)39-20-24-48-46(30-39)45-29-38(19-23-47(45)51-48)32-9-5-2-6-10-32/h1-30H. The molecular weight excluding hydrogens is 617 g/mol. The van der Waals surface area contributed by atoms with E-state index in [1.54, 1.807) is 0 Å². The Balaban J connectivity index is 1.02. The fourth-order valence-corrected chi connectivity index (χ4v) is 8.23. The van der Waals surface area contributed by atoms with E-state index in [0.29, 0.717) is 0 Å². The van der Waals surface area contributed by atoms with Crippen LogP contribution in [0.4, 0.5) is 0 Å². The maximum absolute atomic E-state index is 6.31. The number of benzene rings is 10. The van der Waals surface area contributed by atoms with Crippen molar-refractivity contribution in [3.8, 4) is 44.5 Å². The highest BCUT2D eigenvalue weighted by atomic mass is 16.3. The highest BCUT2D eigenvalue weighted by molar-refractivity contribution is 6.26. The molecule has 0 bridgehead atoms. The molecule has 0 atom stereocenters. The van der Waals surface area contributed by atoms with E-state index in [1.165, 1.54) is 87.6 Å². The summed E-state index contributed by atoms with van der Waals surface area (Å²) in [4.78, 5) is 0. The van der Waals surface area contributed by atoms with Crippen LogP contribution in [0, 0.1) is 0 Å². The zero-order chi connectivity index (χ0) is 33.5. The highest BCUT2D eigenvalue weighted by Gasteiger charge is 2.16. The molecule has 0 aliphatic rings. The summed E-state index contributed by atoms with van der Waals surface area (Å²) in [5.41, 5.74) is 11.6. The third-order valence-electron chi connectivity index (χ3n) is 10.8. The maximum Gasteiger partial charge on any atom is 0.135 e. The Kier molecular flexibility index (Phi) is 6.02. The lowest BCUT2D eigenvalue weighted by Gasteiger charge is -2.16. The maximum atomic E-state index is 6.31. The van der Waals surface area contributed by atoms with Gasteiger partial charge in [0.15, 0.2) is 0 Å². The van der Waals surface area contributed by atoms with Gasteiger partial charge < -0.3 is 4.42 Å². The number of fused-ring (bicyclic) bond motifs is 4. The van der Waals surface area contributed by atoms with Gasteiger partial charge in [-0.05, 0) is 136 Å². The Morgan fingerprint density at radius 2 is 0.725 bits per heavy atom. The largest absolute Gasteiger partial charge is 0.456 e. The molecule has 11 aromatic rings. The van der Waals surface area contributed by atoms with E-state index in [9.17, 15) is 0 Å². The average Bonchev–Trinajstić information content (AvgIpc) is 3.57. The van der Waals surface area contributed by atoms with E-state index in [0.717, 1.165) is 21.9 Å². The molecule has 0 aliphatic carbocycles. The summed E-state index contributed by atoms with van der Waals surface area (Å²) in [6.07, 6.45) is 0. The number of furan rings is 1. The number of rotatable bonds is 4. The van der Waals surface area contributed by atoms with E-state index in [-0.39, 0.29) is 0 Å². The van der Waals surface area contributed by atoms with Crippen molar-refractivity contribution >= 4 is 65.0 Å². The smallest absolute Gasteiger partial charge is 0.135 e. The second-order valence-electron chi connectivity index (χ2n) is 13.7. The van der Waals surface area contributed by atoms with E-state index in [2.05, 4.69) is 182 Å². The molecule has 0 amide bonds. The molecule has 1 heteroatoms. The van der Waals surface area contributed by atoms with Crippen molar-refractivity contribution in [2.45, 2.75) is 0 Å². The van der Waals surface area contributed by atoms with E-state index in [4.69, 9.17) is 4.42 Å². The SMILES string of the molecule is c1ccc(-c2ccc3cc(-c4cc5ccc6ccc(-c7ccc8oc9ccc(-c%10ccccc%10)cc9c8c7)c7ccc(c4)c5c67)ccc3c2)cc1. The summed E-state index contributed by atoms with van der Waals surface area (Å²) in [5.74, 6) is 0. The Hall–Kier alpha value is -6.70. The molecule has 0 aliphatic heterocycles. The summed E-state index contributed by atoms with van der Waals surface area (Å²) >= 11 is 0. The van der Waals surface area contributed by atoms with Gasteiger partial charge in [-0.3, -0.25) is 0 Å². The van der Waals surface area contributed by atoms with Gasteiger partial charge in [-0.15, -0.1) is 0 Å². The minimum absolute atomic E-state index is 0.912. The fraction of sp³-hybridized carbons (Fsp3) is 0. The molecule has 0 N–H and O–H groups in total. The van der Waals surface area contributed by atoms with Crippen LogP contribution in [0.2, 0.25) is 0 Å². The molecule has 11 rings (SSSR count). The Morgan fingerprint density at radius 1 is 0.255 bits per heavy atom. The second-order valence-corrected chi connectivity index (χ2v) is 13.7. The monoisotopic (exact) mass is 646 g/mol. The van der Waals surface area contributed by atoms with Gasteiger partial charge in [0.25, 0.3) is 0 Å². The van der Waals surface area contributed by atoms with Crippen molar-refractivity contribution < 1.29 is 4.42 Å². The van der Waals surface area contributed by atoms with Crippen LogP contribution in [-0.4, -0.2) is 0 Å². The number of hydrogen-bond acceptors (Lipinski definition) is 1. The summed E-state index contributed by atoms with van der Waals surface area (Å²) in [6.45, 7) is 0. The lowest BCUT2D eigenvalue weighted by molar-refractivity contribution is 0.669. The van der Waals surface area contributed by atoms with Crippen LogP contribution in [0.15, 0.2) is 186 Å². The van der Waals surface area contributed by atoms with Crippen molar-refractivity contribution in [1.82, 2.24) is 0 Å². The van der Waals surface area contributed by atoms with Crippen LogP contribution in [0.1, 0.15) is 0 Å². The molecule has 1 aromatic heterocycles. The molecule has 1 nitrogen and oxygen atoms in total. The van der Waals surface area contributed by atoms with Gasteiger partial charge in [-0.25, -0.2) is 0 Å². The molecule has 0 spiro atoms. The van der Waals surface area contributed by atoms with Crippen LogP contribution in [0.3, 0.4) is 0 Å².